The van der Waals surface area contributed by atoms with E-state index >= 15 is 0 Å². The van der Waals surface area contributed by atoms with Crippen molar-refractivity contribution in [3.63, 3.8) is 0 Å². The fourth-order valence-electron chi connectivity index (χ4n) is 3.36. The van der Waals surface area contributed by atoms with E-state index in [0.29, 0.717) is 0 Å². The predicted octanol–water partition coefficient (Wildman–Crippen LogP) is 4.46. The third-order valence-corrected chi connectivity index (χ3v) is 5.13. The molecule has 0 aliphatic heterocycles. The Hall–Kier alpha value is -3.60. The molecular formula is C24H23N3O2. The van der Waals surface area contributed by atoms with E-state index in [4.69, 9.17) is 4.74 Å². The summed E-state index contributed by atoms with van der Waals surface area (Å²) in [5.74, 6) is 0.555. The van der Waals surface area contributed by atoms with E-state index in [9.17, 15) is 4.79 Å². The topological polar surface area (TPSA) is 67.0 Å². The summed E-state index contributed by atoms with van der Waals surface area (Å²) in [5, 5.41) is 3.11. The third-order valence-electron chi connectivity index (χ3n) is 5.13. The maximum Gasteiger partial charge on any atom is 0.258 e. The number of aromatic nitrogens is 2. The Morgan fingerprint density at radius 3 is 2.69 bits per heavy atom. The lowest BCUT2D eigenvalue weighted by Gasteiger charge is -2.20. The van der Waals surface area contributed by atoms with Gasteiger partial charge in [-0.25, -0.2) is 4.98 Å². The lowest BCUT2D eigenvalue weighted by molar-refractivity contribution is -0.123. The van der Waals surface area contributed by atoms with E-state index in [0.717, 1.165) is 39.0 Å². The van der Waals surface area contributed by atoms with Gasteiger partial charge in [0.2, 0.25) is 0 Å². The van der Waals surface area contributed by atoms with Crippen LogP contribution in [-0.2, 0) is 4.79 Å². The molecule has 2 N–H and O–H groups in total. The number of benzene rings is 3. The van der Waals surface area contributed by atoms with Crippen molar-refractivity contribution in [2.75, 3.05) is 6.61 Å². The van der Waals surface area contributed by atoms with Gasteiger partial charge in [0.25, 0.3) is 5.91 Å². The molecule has 0 radical (unpaired) electrons. The fourth-order valence-corrected chi connectivity index (χ4v) is 3.36. The Morgan fingerprint density at radius 2 is 1.86 bits per heavy atom. The van der Waals surface area contributed by atoms with Crippen LogP contribution in [0.15, 0.2) is 73.1 Å². The summed E-state index contributed by atoms with van der Waals surface area (Å²) in [7, 11) is 0. The predicted molar refractivity (Wildman–Crippen MR) is 114 cm³/mol. The molecule has 1 unspecified atom stereocenters. The summed E-state index contributed by atoms with van der Waals surface area (Å²) in [5.41, 5.74) is 6.00. The molecule has 0 spiro atoms. The van der Waals surface area contributed by atoms with Crippen molar-refractivity contribution in [1.29, 1.82) is 0 Å². The number of nitrogens with one attached hydrogen (secondary N) is 2. The number of hydrogen-bond donors (Lipinski definition) is 2. The van der Waals surface area contributed by atoms with Crippen molar-refractivity contribution >= 4 is 16.9 Å². The van der Waals surface area contributed by atoms with Crippen LogP contribution >= 0.6 is 0 Å². The third kappa shape index (κ3) is 4.14. The van der Waals surface area contributed by atoms with Crippen LogP contribution in [0.1, 0.15) is 28.3 Å². The first-order valence-corrected chi connectivity index (χ1v) is 9.58. The number of aromatic amines is 1. The van der Waals surface area contributed by atoms with E-state index in [1.165, 1.54) is 0 Å². The molecule has 1 heterocycles. The van der Waals surface area contributed by atoms with Gasteiger partial charge in [0, 0.05) is 0 Å². The number of carbonyl (C=O) groups is 1. The van der Waals surface area contributed by atoms with Gasteiger partial charge in [-0.3, -0.25) is 4.79 Å². The first kappa shape index (κ1) is 18.7. The van der Waals surface area contributed by atoms with E-state index in [-0.39, 0.29) is 18.6 Å². The smallest absolute Gasteiger partial charge is 0.258 e. The van der Waals surface area contributed by atoms with Crippen LogP contribution in [-0.4, -0.2) is 22.5 Å². The average Bonchev–Trinajstić information content (AvgIpc) is 3.21. The van der Waals surface area contributed by atoms with Gasteiger partial charge >= 0.3 is 0 Å². The monoisotopic (exact) mass is 385 g/mol. The van der Waals surface area contributed by atoms with Gasteiger partial charge in [-0.2, -0.15) is 0 Å². The summed E-state index contributed by atoms with van der Waals surface area (Å²) in [6.07, 6.45) is 1.67. The van der Waals surface area contributed by atoms with E-state index in [1.807, 2.05) is 80.6 Å². The Kier molecular flexibility index (Phi) is 5.29. The van der Waals surface area contributed by atoms with Crippen molar-refractivity contribution in [3.8, 4) is 5.75 Å². The molecule has 0 aliphatic carbocycles. The first-order chi connectivity index (χ1) is 14.1. The van der Waals surface area contributed by atoms with Crippen molar-refractivity contribution in [2.45, 2.75) is 19.9 Å². The minimum absolute atomic E-state index is 0.0417. The van der Waals surface area contributed by atoms with Gasteiger partial charge in [-0.1, -0.05) is 48.5 Å². The number of imidazole rings is 1. The molecule has 4 aromatic rings. The fraction of sp³-hybridized carbons (Fsp3) is 0.167. The zero-order chi connectivity index (χ0) is 20.2. The molecular weight excluding hydrogens is 362 g/mol. The van der Waals surface area contributed by atoms with Crippen molar-refractivity contribution in [2.24, 2.45) is 0 Å². The van der Waals surface area contributed by atoms with E-state index in [2.05, 4.69) is 15.3 Å². The zero-order valence-corrected chi connectivity index (χ0v) is 16.5. The highest BCUT2D eigenvalue weighted by Crippen LogP contribution is 2.25. The number of carbonyl (C=O) groups excluding carboxylic acids is 1. The van der Waals surface area contributed by atoms with Crippen molar-refractivity contribution < 1.29 is 9.53 Å². The van der Waals surface area contributed by atoms with Crippen LogP contribution in [0.4, 0.5) is 0 Å². The number of amides is 1. The molecule has 0 saturated heterocycles. The van der Waals surface area contributed by atoms with E-state index < -0.39 is 0 Å². The summed E-state index contributed by atoms with van der Waals surface area (Å²) < 4.78 is 5.78. The maximum atomic E-state index is 12.7. The number of rotatable bonds is 6. The first-order valence-electron chi connectivity index (χ1n) is 9.58. The van der Waals surface area contributed by atoms with Gasteiger partial charge in [0.1, 0.15) is 5.75 Å². The lowest BCUT2D eigenvalue weighted by Crippen LogP contribution is -2.33. The summed E-state index contributed by atoms with van der Waals surface area (Å²) in [6.45, 7) is 3.98. The maximum absolute atomic E-state index is 12.7. The molecule has 3 aromatic carbocycles. The second kappa shape index (κ2) is 8.19. The minimum Gasteiger partial charge on any atom is -0.483 e. The number of H-pyrrole nitrogens is 1. The molecule has 29 heavy (non-hydrogen) atoms. The number of fused-ring (bicyclic) bond motifs is 1. The highest BCUT2D eigenvalue weighted by molar-refractivity contribution is 5.79. The average molecular weight is 385 g/mol. The molecule has 146 valence electrons. The second-order valence-electron chi connectivity index (χ2n) is 7.08. The summed E-state index contributed by atoms with van der Waals surface area (Å²) >= 11 is 0. The minimum atomic E-state index is -0.279. The van der Waals surface area contributed by atoms with Crippen LogP contribution < -0.4 is 10.1 Å². The van der Waals surface area contributed by atoms with Gasteiger partial charge < -0.3 is 15.0 Å². The zero-order valence-electron chi connectivity index (χ0n) is 16.5. The largest absolute Gasteiger partial charge is 0.483 e. The number of ether oxygens (including phenoxy) is 1. The van der Waals surface area contributed by atoms with Crippen LogP contribution in [0.25, 0.3) is 11.0 Å². The molecule has 4 rings (SSSR count). The highest BCUT2D eigenvalue weighted by atomic mass is 16.5. The Bertz CT molecular complexity index is 1140. The standard InChI is InChI=1S/C24H23N3O2/c1-16-7-6-10-22(17(16)2)29-14-23(28)27-24(18-8-4-3-5-9-18)19-11-12-20-21(13-19)26-15-25-20/h3-13,15,24H,14H2,1-2H3,(H,25,26)(H,27,28). The molecule has 0 fully saturated rings. The molecule has 0 aliphatic rings. The van der Waals surface area contributed by atoms with E-state index in [1.54, 1.807) is 6.33 Å². The van der Waals surface area contributed by atoms with Gasteiger partial charge in [-0.05, 0) is 54.3 Å². The number of hydrogen-bond acceptors (Lipinski definition) is 3. The van der Waals surface area contributed by atoms with Crippen LogP contribution in [0, 0.1) is 13.8 Å². The lowest BCUT2D eigenvalue weighted by atomic mass is 9.98. The molecule has 0 saturated carbocycles. The Morgan fingerprint density at radius 1 is 1.03 bits per heavy atom. The Labute approximate surface area is 169 Å². The van der Waals surface area contributed by atoms with Crippen molar-refractivity contribution in [1.82, 2.24) is 15.3 Å². The molecule has 1 atom stereocenters. The Balaban J connectivity index is 1.55. The molecule has 5 heteroatoms. The van der Waals surface area contributed by atoms with Gasteiger partial charge in [-0.15, -0.1) is 0 Å². The highest BCUT2D eigenvalue weighted by Gasteiger charge is 2.18. The van der Waals surface area contributed by atoms with Crippen LogP contribution in [0.5, 0.6) is 5.75 Å². The van der Waals surface area contributed by atoms with Gasteiger partial charge in [0.15, 0.2) is 6.61 Å². The van der Waals surface area contributed by atoms with Gasteiger partial charge in [0.05, 0.1) is 23.4 Å². The SMILES string of the molecule is Cc1cccc(OCC(=O)NC(c2ccccc2)c2ccc3nc[nH]c3c2)c1C. The molecule has 5 nitrogen and oxygen atoms in total. The molecule has 1 amide bonds. The quantitative estimate of drug-likeness (QED) is 0.515. The van der Waals surface area contributed by atoms with Crippen molar-refractivity contribution in [3.05, 3.63) is 95.3 Å². The van der Waals surface area contributed by atoms with Crippen LogP contribution in [0.2, 0.25) is 0 Å². The van der Waals surface area contributed by atoms with Crippen LogP contribution in [0.3, 0.4) is 0 Å². The molecule has 1 aromatic heterocycles. The number of nitrogens with zero attached hydrogens (tertiary/aromatic N) is 1. The summed E-state index contributed by atoms with van der Waals surface area (Å²) in [6, 6.07) is 21.4. The summed E-state index contributed by atoms with van der Waals surface area (Å²) in [4.78, 5) is 20.1. The second-order valence-corrected chi connectivity index (χ2v) is 7.08. The normalized spacial score (nSPS) is 11.9. The number of aryl methyl sites for hydroxylation is 1. The molecule has 0 bridgehead atoms.